The standard InChI is InChI=1S/C30H39N5O4S.C2HF3O2/c1-22-20-25(34(3)29(31)37)21-23(2)26(22)14-19-40(38,39)35-17-15-30(16-18-35)28(36)32-27(33-30)13-9-5-8-12-24-10-6-4-7-11-24;3-2(4,5)1(6)7/h4,6-7,10-11,14,19-21H,5,8-9,12-13,15-18H2,1-3H3,(H2,31,37)(H,32,33,36);(H,6,7)/b19-14+;. The van der Waals surface area contributed by atoms with Gasteiger partial charge in [0.25, 0.3) is 5.91 Å². The minimum Gasteiger partial charge on any atom is -0.475 e. The van der Waals surface area contributed by atoms with Crippen molar-refractivity contribution in [1.29, 1.82) is 0 Å². The molecule has 2 aliphatic heterocycles. The maximum Gasteiger partial charge on any atom is 0.490 e. The SMILES string of the molecule is Cc1cc(N(C)C(N)=O)cc(C)c1/C=C/S(=O)(=O)N1CCC2(CC1)N=C(CCCCCc1ccccc1)NC2=O.O=C(O)C(F)(F)F. The fourth-order valence-electron chi connectivity index (χ4n) is 5.37. The van der Waals surface area contributed by atoms with Crippen LogP contribution in [-0.4, -0.2) is 73.4 Å². The van der Waals surface area contributed by atoms with Gasteiger partial charge in [-0.15, -0.1) is 0 Å². The number of carbonyl (C=O) groups is 3. The fraction of sp³-hybridized carbons (Fsp3) is 0.438. The van der Waals surface area contributed by atoms with Crippen molar-refractivity contribution in [3.8, 4) is 0 Å². The molecule has 0 aliphatic carbocycles. The average molecular weight is 680 g/mol. The molecule has 15 heteroatoms. The Bertz CT molecular complexity index is 1600. The lowest BCUT2D eigenvalue weighted by Gasteiger charge is -2.34. The van der Waals surface area contributed by atoms with Gasteiger partial charge in [-0.05, 0) is 86.4 Å². The molecule has 4 N–H and O–H groups in total. The molecule has 47 heavy (non-hydrogen) atoms. The van der Waals surface area contributed by atoms with E-state index in [-0.39, 0.29) is 19.0 Å². The lowest BCUT2D eigenvalue weighted by Crippen LogP contribution is -2.50. The summed E-state index contributed by atoms with van der Waals surface area (Å²) in [4.78, 5) is 39.4. The Morgan fingerprint density at radius 3 is 2.15 bits per heavy atom. The van der Waals surface area contributed by atoms with Crippen LogP contribution in [0.25, 0.3) is 6.08 Å². The van der Waals surface area contributed by atoms with Crippen LogP contribution in [0.1, 0.15) is 60.8 Å². The number of carbonyl (C=O) groups excluding carboxylic acids is 2. The van der Waals surface area contributed by atoms with Crippen molar-refractivity contribution < 1.29 is 41.1 Å². The highest BCUT2D eigenvalue weighted by atomic mass is 32.2. The number of halogens is 3. The summed E-state index contributed by atoms with van der Waals surface area (Å²) in [5.41, 5.74) is 8.91. The molecule has 256 valence electrons. The van der Waals surface area contributed by atoms with Crippen LogP contribution in [-0.2, 0) is 26.0 Å². The first-order valence-electron chi connectivity index (χ1n) is 15.0. The van der Waals surface area contributed by atoms with Crippen molar-refractivity contribution in [1.82, 2.24) is 9.62 Å². The number of carboxylic acid groups (broad SMARTS) is 1. The quantitative estimate of drug-likeness (QED) is 0.302. The van der Waals surface area contributed by atoms with Crippen molar-refractivity contribution in [3.63, 3.8) is 0 Å². The molecule has 4 rings (SSSR count). The fourth-order valence-corrected chi connectivity index (χ4v) is 6.54. The van der Waals surface area contributed by atoms with Gasteiger partial charge in [-0.3, -0.25) is 14.7 Å². The zero-order valence-electron chi connectivity index (χ0n) is 26.5. The molecule has 2 aromatic carbocycles. The van der Waals surface area contributed by atoms with Gasteiger partial charge in [-0.1, -0.05) is 36.8 Å². The first-order chi connectivity index (χ1) is 21.9. The number of amides is 3. The molecule has 1 saturated heterocycles. The number of piperidine rings is 1. The van der Waals surface area contributed by atoms with Crippen LogP contribution >= 0.6 is 0 Å². The molecule has 0 unspecified atom stereocenters. The molecule has 0 aromatic heterocycles. The predicted octanol–water partition coefficient (Wildman–Crippen LogP) is 4.92. The van der Waals surface area contributed by atoms with Gasteiger partial charge in [-0.25, -0.2) is 18.0 Å². The maximum absolute atomic E-state index is 13.1. The smallest absolute Gasteiger partial charge is 0.475 e. The number of nitrogens with zero attached hydrogens (tertiary/aromatic N) is 3. The number of aliphatic imine (C=N–C) groups is 1. The lowest BCUT2D eigenvalue weighted by molar-refractivity contribution is -0.192. The number of rotatable bonds is 10. The van der Waals surface area contributed by atoms with E-state index in [0.29, 0.717) is 18.5 Å². The van der Waals surface area contributed by atoms with E-state index in [0.717, 1.165) is 54.6 Å². The molecular weight excluding hydrogens is 639 g/mol. The number of urea groups is 1. The Morgan fingerprint density at radius 1 is 1.06 bits per heavy atom. The molecular formula is C32H40F3N5O6S. The number of nitrogens with two attached hydrogens (primary N) is 1. The van der Waals surface area contributed by atoms with Gasteiger partial charge < -0.3 is 16.2 Å². The molecule has 2 aliphatic rings. The second-order valence-electron chi connectivity index (χ2n) is 11.5. The summed E-state index contributed by atoms with van der Waals surface area (Å²) in [6.07, 6.45) is 2.08. The van der Waals surface area contributed by atoms with Gasteiger partial charge in [0, 0.05) is 37.7 Å². The Labute approximate surface area is 272 Å². The van der Waals surface area contributed by atoms with E-state index in [1.54, 1.807) is 25.3 Å². The van der Waals surface area contributed by atoms with E-state index in [1.807, 2.05) is 19.9 Å². The van der Waals surface area contributed by atoms with Crippen molar-refractivity contribution in [2.24, 2.45) is 10.7 Å². The van der Waals surface area contributed by atoms with Crippen LogP contribution < -0.4 is 16.0 Å². The zero-order valence-corrected chi connectivity index (χ0v) is 27.3. The minimum atomic E-state index is -5.08. The molecule has 0 radical (unpaired) electrons. The van der Waals surface area contributed by atoms with Crippen molar-refractivity contribution in [2.45, 2.75) is 70.5 Å². The Hall–Kier alpha value is -4.24. The lowest BCUT2D eigenvalue weighted by atomic mass is 9.89. The van der Waals surface area contributed by atoms with Gasteiger partial charge in [0.15, 0.2) is 0 Å². The molecule has 0 bridgehead atoms. The zero-order chi connectivity index (χ0) is 35.0. The van der Waals surface area contributed by atoms with Crippen molar-refractivity contribution in [2.75, 3.05) is 25.0 Å². The summed E-state index contributed by atoms with van der Waals surface area (Å²) in [6.45, 7) is 4.18. The summed E-state index contributed by atoms with van der Waals surface area (Å²) < 4.78 is 59.4. The van der Waals surface area contributed by atoms with Crippen LogP contribution in [0.3, 0.4) is 0 Å². The van der Waals surface area contributed by atoms with E-state index in [2.05, 4.69) is 29.6 Å². The van der Waals surface area contributed by atoms with Crippen LogP contribution in [0.15, 0.2) is 52.9 Å². The molecule has 0 saturated carbocycles. The Balaban J connectivity index is 0.000000771. The number of aryl methyl sites for hydroxylation is 3. The number of hydrogen-bond acceptors (Lipinski definition) is 6. The Morgan fingerprint density at radius 2 is 1.62 bits per heavy atom. The number of amidine groups is 1. The van der Waals surface area contributed by atoms with E-state index in [4.69, 9.17) is 20.6 Å². The van der Waals surface area contributed by atoms with E-state index in [9.17, 15) is 31.2 Å². The molecule has 2 aromatic rings. The van der Waals surface area contributed by atoms with Gasteiger partial charge in [-0.2, -0.15) is 17.5 Å². The number of aliphatic carboxylic acids is 1. The van der Waals surface area contributed by atoms with Crippen molar-refractivity contribution in [3.05, 3.63) is 70.1 Å². The summed E-state index contributed by atoms with van der Waals surface area (Å²) in [5, 5.41) is 11.3. The third-order valence-electron chi connectivity index (χ3n) is 8.11. The van der Waals surface area contributed by atoms with Crippen LogP contribution in [0.4, 0.5) is 23.7 Å². The second-order valence-corrected chi connectivity index (χ2v) is 13.3. The molecule has 1 fully saturated rings. The number of unbranched alkanes of at least 4 members (excludes halogenated alkanes) is 2. The van der Waals surface area contributed by atoms with Gasteiger partial charge >= 0.3 is 18.2 Å². The van der Waals surface area contributed by atoms with Crippen LogP contribution in [0.2, 0.25) is 0 Å². The number of anilines is 1. The monoisotopic (exact) mass is 679 g/mol. The summed E-state index contributed by atoms with van der Waals surface area (Å²) in [5.74, 6) is -2.16. The van der Waals surface area contributed by atoms with Crippen LogP contribution in [0, 0.1) is 13.8 Å². The summed E-state index contributed by atoms with van der Waals surface area (Å²) in [7, 11) is -2.10. The number of hydrogen-bond donors (Lipinski definition) is 3. The largest absolute Gasteiger partial charge is 0.490 e. The number of alkyl halides is 3. The number of sulfonamides is 1. The number of nitrogens with one attached hydrogen (secondary N) is 1. The second kappa shape index (κ2) is 15.6. The highest BCUT2D eigenvalue weighted by molar-refractivity contribution is 7.92. The minimum absolute atomic E-state index is 0.119. The van der Waals surface area contributed by atoms with Gasteiger partial charge in [0.1, 0.15) is 11.4 Å². The molecule has 2 heterocycles. The van der Waals surface area contributed by atoms with Crippen LogP contribution in [0.5, 0.6) is 0 Å². The normalized spacial score (nSPS) is 16.4. The maximum atomic E-state index is 13.1. The third kappa shape index (κ3) is 10.1. The third-order valence-corrected chi connectivity index (χ3v) is 9.67. The average Bonchev–Trinajstić information content (AvgIpc) is 3.30. The van der Waals surface area contributed by atoms with Crippen molar-refractivity contribution >= 4 is 45.5 Å². The molecule has 1 spiro atoms. The van der Waals surface area contributed by atoms with E-state index >= 15 is 0 Å². The number of primary amides is 1. The van der Waals surface area contributed by atoms with E-state index in [1.165, 1.54) is 20.2 Å². The highest BCUT2D eigenvalue weighted by Gasteiger charge is 2.47. The molecule has 3 amide bonds. The van der Waals surface area contributed by atoms with Gasteiger partial charge in [0.2, 0.25) is 10.0 Å². The molecule has 0 atom stereocenters. The predicted molar refractivity (Wildman–Crippen MR) is 173 cm³/mol. The summed E-state index contributed by atoms with van der Waals surface area (Å²) in [6, 6.07) is 13.4. The number of carboxylic acids is 1. The Kier molecular flexibility index (Phi) is 12.3. The topological polar surface area (TPSA) is 162 Å². The molecule has 11 nitrogen and oxygen atoms in total. The van der Waals surface area contributed by atoms with Gasteiger partial charge in [0.05, 0.1) is 0 Å². The summed E-state index contributed by atoms with van der Waals surface area (Å²) >= 11 is 0. The highest BCUT2D eigenvalue weighted by Crippen LogP contribution is 2.32. The first-order valence-corrected chi connectivity index (χ1v) is 16.5. The van der Waals surface area contributed by atoms with E-state index < -0.39 is 33.7 Å². The number of benzene rings is 2. The first kappa shape index (κ1) is 37.2.